The number of aryl methyl sites for hydroxylation is 1. The van der Waals surface area contributed by atoms with Crippen LogP contribution in [-0.2, 0) is 14.4 Å². The SMILES string of the molecule is Cc1ccc(NC(=O)C(C)N2C(=O)C3C4C=CC(C4)C3C2=O)cc1. The molecule has 1 aromatic carbocycles. The standard InChI is InChI=1S/C19H20N2O3/c1-10-3-7-14(8-4-10)20-17(22)11(2)21-18(23)15-12-5-6-13(9-12)16(15)19(21)24/h3-8,11-13,15-16H,9H2,1-2H3,(H,20,22). The number of fused-ring (bicyclic) bond motifs is 5. The number of allylic oxidation sites excluding steroid dienone is 2. The predicted molar refractivity (Wildman–Crippen MR) is 88.8 cm³/mol. The second-order valence-corrected chi connectivity index (χ2v) is 7.08. The largest absolute Gasteiger partial charge is 0.324 e. The molecule has 0 aromatic heterocycles. The van der Waals surface area contributed by atoms with E-state index in [1.54, 1.807) is 6.92 Å². The maximum absolute atomic E-state index is 12.7. The maximum atomic E-state index is 12.7. The number of carbonyl (C=O) groups is 3. The van der Waals surface area contributed by atoms with Crippen molar-refractivity contribution in [2.24, 2.45) is 23.7 Å². The van der Waals surface area contributed by atoms with Crippen molar-refractivity contribution in [1.82, 2.24) is 4.90 Å². The molecule has 2 fully saturated rings. The second-order valence-electron chi connectivity index (χ2n) is 7.08. The van der Waals surface area contributed by atoms with E-state index < -0.39 is 6.04 Å². The van der Waals surface area contributed by atoms with E-state index in [-0.39, 0.29) is 41.4 Å². The normalized spacial score (nSPS) is 31.5. The highest BCUT2D eigenvalue weighted by Gasteiger charge is 2.60. The van der Waals surface area contributed by atoms with Crippen LogP contribution in [0.3, 0.4) is 0 Å². The predicted octanol–water partition coefficient (Wildman–Crippen LogP) is 2.13. The molecule has 1 heterocycles. The summed E-state index contributed by atoms with van der Waals surface area (Å²) >= 11 is 0. The van der Waals surface area contributed by atoms with Crippen molar-refractivity contribution in [2.75, 3.05) is 5.32 Å². The average molecular weight is 324 g/mol. The molecule has 1 aromatic rings. The molecule has 5 nitrogen and oxygen atoms in total. The molecular formula is C19H20N2O3. The smallest absolute Gasteiger partial charge is 0.247 e. The third-order valence-corrected chi connectivity index (χ3v) is 5.59. The van der Waals surface area contributed by atoms with Crippen LogP contribution in [0.4, 0.5) is 5.69 Å². The van der Waals surface area contributed by atoms with Gasteiger partial charge in [-0.25, -0.2) is 0 Å². The zero-order valence-corrected chi connectivity index (χ0v) is 13.7. The zero-order valence-electron chi connectivity index (χ0n) is 13.7. The number of likely N-dealkylation sites (tertiary alicyclic amines) is 1. The Morgan fingerprint density at radius 3 is 2.17 bits per heavy atom. The lowest BCUT2D eigenvalue weighted by molar-refractivity contribution is -0.146. The molecule has 124 valence electrons. The van der Waals surface area contributed by atoms with Gasteiger partial charge >= 0.3 is 0 Å². The lowest BCUT2D eigenvalue weighted by Gasteiger charge is -2.23. The van der Waals surface area contributed by atoms with Crippen LogP contribution in [0, 0.1) is 30.6 Å². The van der Waals surface area contributed by atoms with E-state index in [0.717, 1.165) is 12.0 Å². The number of nitrogens with one attached hydrogen (secondary N) is 1. The Labute approximate surface area is 140 Å². The molecule has 1 saturated heterocycles. The van der Waals surface area contributed by atoms with Crippen LogP contribution in [0.5, 0.6) is 0 Å². The van der Waals surface area contributed by atoms with Crippen molar-refractivity contribution in [3.8, 4) is 0 Å². The van der Waals surface area contributed by atoms with Crippen LogP contribution in [0.25, 0.3) is 0 Å². The summed E-state index contributed by atoms with van der Waals surface area (Å²) in [5.41, 5.74) is 1.76. The Balaban J connectivity index is 1.51. The van der Waals surface area contributed by atoms with Crippen LogP contribution in [0.2, 0.25) is 0 Å². The quantitative estimate of drug-likeness (QED) is 0.684. The first-order valence-electron chi connectivity index (χ1n) is 8.40. The minimum Gasteiger partial charge on any atom is -0.324 e. The van der Waals surface area contributed by atoms with Gasteiger partial charge in [-0.05, 0) is 44.2 Å². The molecule has 5 atom stereocenters. The number of hydrogen-bond donors (Lipinski definition) is 1. The van der Waals surface area contributed by atoms with Gasteiger partial charge in [-0.15, -0.1) is 0 Å². The molecule has 5 unspecified atom stereocenters. The van der Waals surface area contributed by atoms with Gasteiger partial charge in [0, 0.05) is 5.69 Å². The van der Waals surface area contributed by atoms with Gasteiger partial charge in [0.2, 0.25) is 17.7 Å². The first-order valence-corrected chi connectivity index (χ1v) is 8.40. The molecule has 0 spiro atoms. The van der Waals surface area contributed by atoms with E-state index in [4.69, 9.17) is 0 Å². The molecular weight excluding hydrogens is 304 g/mol. The summed E-state index contributed by atoms with van der Waals surface area (Å²) in [7, 11) is 0. The van der Waals surface area contributed by atoms with Crippen molar-refractivity contribution in [2.45, 2.75) is 26.3 Å². The highest BCUT2D eigenvalue weighted by molar-refractivity contribution is 6.10. The van der Waals surface area contributed by atoms with Gasteiger partial charge in [-0.1, -0.05) is 29.8 Å². The Morgan fingerprint density at radius 2 is 1.62 bits per heavy atom. The number of carbonyl (C=O) groups excluding carboxylic acids is 3. The molecule has 1 aliphatic heterocycles. The monoisotopic (exact) mass is 324 g/mol. The minimum atomic E-state index is -0.795. The molecule has 0 radical (unpaired) electrons. The van der Waals surface area contributed by atoms with Gasteiger partial charge in [0.05, 0.1) is 11.8 Å². The number of anilines is 1. The van der Waals surface area contributed by atoms with Crippen molar-refractivity contribution < 1.29 is 14.4 Å². The summed E-state index contributed by atoms with van der Waals surface area (Å²) in [6, 6.07) is 6.63. The fraction of sp³-hybridized carbons (Fsp3) is 0.421. The first kappa shape index (κ1) is 15.1. The third kappa shape index (κ3) is 2.11. The van der Waals surface area contributed by atoms with E-state index in [1.807, 2.05) is 31.2 Å². The molecule has 2 aliphatic carbocycles. The number of imide groups is 1. The number of benzene rings is 1. The van der Waals surface area contributed by atoms with Crippen molar-refractivity contribution in [3.63, 3.8) is 0 Å². The topological polar surface area (TPSA) is 66.5 Å². The Hall–Kier alpha value is -2.43. The van der Waals surface area contributed by atoms with Gasteiger partial charge in [0.1, 0.15) is 6.04 Å². The van der Waals surface area contributed by atoms with E-state index in [1.165, 1.54) is 4.90 Å². The number of nitrogens with zero attached hydrogens (tertiary/aromatic N) is 1. The summed E-state index contributed by atoms with van der Waals surface area (Å²) < 4.78 is 0. The fourth-order valence-corrected chi connectivity index (χ4v) is 4.31. The molecule has 3 aliphatic rings. The van der Waals surface area contributed by atoms with Crippen molar-refractivity contribution >= 4 is 23.4 Å². The van der Waals surface area contributed by atoms with E-state index in [2.05, 4.69) is 17.5 Å². The molecule has 1 saturated carbocycles. The van der Waals surface area contributed by atoms with Gasteiger partial charge in [0.15, 0.2) is 0 Å². The van der Waals surface area contributed by atoms with Gasteiger partial charge in [0.25, 0.3) is 0 Å². The molecule has 5 heteroatoms. The lowest BCUT2D eigenvalue weighted by Crippen LogP contribution is -2.46. The lowest BCUT2D eigenvalue weighted by atomic mass is 9.85. The van der Waals surface area contributed by atoms with Crippen LogP contribution in [-0.4, -0.2) is 28.7 Å². The van der Waals surface area contributed by atoms with E-state index in [9.17, 15) is 14.4 Å². The molecule has 3 amide bonds. The van der Waals surface area contributed by atoms with Gasteiger partial charge < -0.3 is 5.32 Å². The Kier molecular flexibility index (Phi) is 3.34. The highest BCUT2D eigenvalue weighted by Crippen LogP contribution is 2.52. The van der Waals surface area contributed by atoms with E-state index >= 15 is 0 Å². The first-order chi connectivity index (χ1) is 11.5. The van der Waals surface area contributed by atoms with Crippen LogP contribution < -0.4 is 5.32 Å². The highest BCUT2D eigenvalue weighted by atomic mass is 16.2. The summed E-state index contributed by atoms with van der Waals surface area (Å²) in [5, 5.41) is 2.79. The zero-order chi connectivity index (χ0) is 17.0. The summed E-state index contributed by atoms with van der Waals surface area (Å²) in [5.74, 6) is -0.908. The Bertz CT molecular complexity index is 722. The van der Waals surface area contributed by atoms with E-state index in [0.29, 0.717) is 5.69 Å². The third-order valence-electron chi connectivity index (χ3n) is 5.59. The molecule has 2 bridgehead atoms. The van der Waals surface area contributed by atoms with Gasteiger partial charge in [-0.2, -0.15) is 0 Å². The van der Waals surface area contributed by atoms with Crippen molar-refractivity contribution in [3.05, 3.63) is 42.0 Å². The number of rotatable bonds is 3. The summed E-state index contributed by atoms with van der Waals surface area (Å²) in [4.78, 5) is 39.1. The van der Waals surface area contributed by atoms with Gasteiger partial charge in [-0.3, -0.25) is 19.3 Å². The second kappa shape index (κ2) is 5.30. The molecule has 1 N–H and O–H groups in total. The maximum Gasteiger partial charge on any atom is 0.247 e. The molecule has 24 heavy (non-hydrogen) atoms. The van der Waals surface area contributed by atoms with Crippen molar-refractivity contribution in [1.29, 1.82) is 0 Å². The van der Waals surface area contributed by atoms with Crippen LogP contribution >= 0.6 is 0 Å². The number of amides is 3. The molecule has 4 rings (SSSR count). The summed E-state index contributed by atoms with van der Waals surface area (Å²) in [6.45, 7) is 3.59. The number of hydrogen-bond acceptors (Lipinski definition) is 3. The summed E-state index contributed by atoms with van der Waals surface area (Å²) in [6.07, 6.45) is 5.00. The Morgan fingerprint density at radius 1 is 1.08 bits per heavy atom. The van der Waals surface area contributed by atoms with Crippen LogP contribution in [0.15, 0.2) is 36.4 Å². The minimum absolute atomic E-state index is 0.161. The fourth-order valence-electron chi connectivity index (χ4n) is 4.31. The van der Waals surface area contributed by atoms with Crippen LogP contribution in [0.1, 0.15) is 18.9 Å². The average Bonchev–Trinajstić information content (AvgIpc) is 3.23.